The molecule has 9 heteroatoms. The molecular formula is C12H16BrF3N2O2S. The van der Waals surface area contributed by atoms with Gasteiger partial charge in [0.1, 0.15) is 6.54 Å². The van der Waals surface area contributed by atoms with E-state index < -0.39 is 22.7 Å². The van der Waals surface area contributed by atoms with Crippen LogP contribution in [0, 0.1) is 0 Å². The number of benzene rings is 1. The van der Waals surface area contributed by atoms with Crippen molar-refractivity contribution in [1.29, 1.82) is 0 Å². The first-order chi connectivity index (χ1) is 9.61. The quantitative estimate of drug-likeness (QED) is 0.814. The summed E-state index contributed by atoms with van der Waals surface area (Å²) in [5.74, 6) is 0. The van der Waals surface area contributed by atoms with Gasteiger partial charge in [-0.15, -0.1) is 0 Å². The molecule has 0 spiro atoms. The standard InChI is InChI=1S/C12H16BrF3N2O2S/c1-2-5-18(8-12(14,15)16)21(19,20)11-4-3-9(7-17)6-10(11)13/h3-4,6H,2,5,7-8,17H2,1H3. The Hall–Kier alpha value is -0.640. The number of rotatable bonds is 6. The smallest absolute Gasteiger partial charge is 0.326 e. The van der Waals surface area contributed by atoms with Gasteiger partial charge in [-0.2, -0.15) is 17.5 Å². The molecule has 0 amide bonds. The number of sulfonamides is 1. The normalized spacial score (nSPS) is 12.9. The van der Waals surface area contributed by atoms with Gasteiger partial charge in [0.15, 0.2) is 0 Å². The van der Waals surface area contributed by atoms with Gasteiger partial charge in [0.05, 0.1) is 4.90 Å². The summed E-state index contributed by atoms with van der Waals surface area (Å²) in [5, 5.41) is 0. The van der Waals surface area contributed by atoms with E-state index in [9.17, 15) is 21.6 Å². The summed E-state index contributed by atoms with van der Waals surface area (Å²) in [6.07, 6.45) is -4.31. The van der Waals surface area contributed by atoms with E-state index in [0.29, 0.717) is 9.87 Å². The Morgan fingerprint density at radius 2 is 1.95 bits per heavy atom. The first-order valence-electron chi connectivity index (χ1n) is 6.17. The van der Waals surface area contributed by atoms with Gasteiger partial charge in [-0.05, 0) is 40.0 Å². The third-order valence-corrected chi connectivity index (χ3v) is 5.50. The second-order valence-electron chi connectivity index (χ2n) is 4.42. The molecule has 1 aromatic rings. The van der Waals surface area contributed by atoms with Gasteiger partial charge in [-0.3, -0.25) is 0 Å². The van der Waals surface area contributed by atoms with Crippen molar-refractivity contribution in [1.82, 2.24) is 4.31 Å². The Morgan fingerprint density at radius 1 is 1.33 bits per heavy atom. The highest BCUT2D eigenvalue weighted by molar-refractivity contribution is 9.10. The Bertz CT molecular complexity index is 591. The molecule has 0 aliphatic carbocycles. The van der Waals surface area contributed by atoms with E-state index in [2.05, 4.69) is 15.9 Å². The third kappa shape index (κ3) is 4.94. The maximum Gasteiger partial charge on any atom is 0.402 e. The van der Waals surface area contributed by atoms with Crippen molar-refractivity contribution in [3.05, 3.63) is 28.2 Å². The Labute approximate surface area is 130 Å². The molecule has 0 saturated carbocycles. The van der Waals surface area contributed by atoms with E-state index in [-0.39, 0.29) is 28.9 Å². The van der Waals surface area contributed by atoms with Crippen molar-refractivity contribution in [2.75, 3.05) is 13.1 Å². The average molecular weight is 389 g/mol. The molecule has 0 aromatic heterocycles. The highest BCUT2D eigenvalue weighted by atomic mass is 79.9. The minimum absolute atomic E-state index is 0.197. The summed E-state index contributed by atoms with van der Waals surface area (Å²) in [7, 11) is -4.23. The highest BCUT2D eigenvalue weighted by Gasteiger charge is 2.37. The summed E-state index contributed by atoms with van der Waals surface area (Å²) in [6, 6.07) is 4.24. The molecule has 0 fully saturated rings. The maximum absolute atomic E-state index is 12.6. The number of nitrogens with zero attached hydrogens (tertiary/aromatic N) is 1. The third-order valence-electron chi connectivity index (χ3n) is 2.68. The van der Waals surface area contributed by atoms with E-state index in [1.54, 1.807) is 6.92 Å². The lowest BCUT2D eigenvalue weighted by Crippen LogP contribution is -2.39. The van der Waals surface area contributed by atoms with Crippen LogP contribution in [0.1, 0.15) is 18.9 Å². The van der Waals surface area contributed by atoms with Crippen LogP contribution in [-0.2, 0) is 16.6 Å². The Kier molecular flexibility index (Phi) is 6.21. The molecule has 0 radical (unpaired) electrons. The van der Waals surface area contributed by atoms with Crippen LogP contribution in [0.25, 0.3) is 0 Å². The Morgan fingerprint density at radius 3 is 2.38 bits per heavy atom. The van der Waals surface area contributed by atoms with Gasteiger partial charge < -0.3 is 5.73 Å². The van der Waals surface area contributed by atoms with E-state index in [4.69, 9.17) is 5.73 Å². The number of halogens is 4. The van der Waals surface area contributed by atoms with Gasteiger partial charge in [0.25, 0.3) is 0 Å². The van der Waals surface area contributed by atoms with Crippen LogP contribution in [0.2, 0.25) is 0 Å². The summed E-state index contributed by atoms with van der Waals surface area (Å²) in [4.78, 5) is -0.197. The van der Waals surface area contributed by atoms with Crippen LogP contribution in [-0.4, -0.2) is 32.0 Å². The summed E-state index contributed by atoms with van der Waals surface area (Å²) >= 11 is 3.08. The van der Waals surface area contributed by atoms with E-state index in [1.165, 1.54) is 18.2 Å². The molecule has 120 valence electrons. The largest absolute Gasteiger partial charge is 0.402 e. The van der Waals surface area contributed by atoms with Crippen molar-refractivity contribution < 1.29 is 21.6 Å². The van der Waals surface area contributed by atoms with Gasteiger partial charge in [0, 0.05) is 17.6 Å². The minimum Gasteiger partial charge on any atom is -0.326 e. The summed E-state index contributed by atoms with van der Waals surface area (Å²) < 4.78 is 63.1. The lowest BCUT2D eigenvalue weighted by Gasteiger charge is -2.23. The van der Waals surface area contributed by atoms with E-state index in [1.807, 2.05) is 0 Å². The van der Waals surface area contributed by atoms with Crippen molar-refractivity contribution in [2.45, 2.75) is 31.0 Å². The molecule has 0 unspecified atom stereocenters. The van der Waals surface area contributed by atoms with E-state index in [0.717, 1.165) is 0 Å². The number of hydrogen-bond donors (Lipinski definition) is 1. The first-order valence-corrected chi connectivity index (χ1v) is 8.40. The van der Waals surface area contributed by atoms with Crippen molar-refractivity contribution in [2.24, 2.45) is 5.73 Å². The van der Waals surface area contributed by atoms with Gasteiger partial charge in [-0.25, -0.2) is 8.42 Å². The molecule has 0 saturated heterocycles. The second-order valence-corrected chi connectivity index (χ2v) is 7.18. The zero-order chi connectivity index (χ0) is 16.3. The van der Waals surface area contributed by atoms with Crippen LogP contribution in [0.3, 0.4) is 0 Å². The lowest BCUT2D eigenvalue weighted by molar-refractivity contribution is -0.136. The molecule has 1 rings (SSSR count). The molecule has 0 bridgehead atoms. The minimum atomic E-state index is -4.59. The summed E-state index contributed by atoms with van der Waals surface area (Å²) in [5.41, 5.74) is 6.12. The Balaban J connectivity index is 3.22. The first kappa shape index (κ1) is 18.4. The molecule has 0 heterocycles. The predicted octanol–water partition coefficient (Wildman–Crippen LogP) is 2.87. The van der Waals surface area contributed by atoms with Crippen LogP contribution in [0.4, 0.5) is 13.2 Å². The SMILES string of the molecule is CCCN(CC(F)(F)F)S(=O)(=O)c1ccc(CN)cc1Br. The summed E-state index contributed by atoms with van der Waals surface area (Å²) in [6.45, 7) is 0.118. The fourth-order valence-corrected chi connectivity index (χ4v) is 4.36. The fourth-order valence-electron chi connectivity index (χ4n) is 1.75. The van der Waals surface area contributed by atoms with Gasteiger partial charge in [0.2, 0.25) is 10.0 Å². The molecule has 4 nitrogen and oxygen atoms in total. The lowest BCUT2D eigenvalue weighted by atomic mass is 10.2. The van der Waals surface area contributed by atoms with Crippen molar-refractivity contribution in [3.8, 4) is 0 Å². The van der Waals surface area contributed by atoms with Crippen LogP contribution < -0.4 is 5.73 Å². The van der Waals surface area contributed by atoms with Crippen molar-refractivity contribution in [3.63, 3.8) is 0 Å². The molecule has 21 heavy (non-hydrogen) atoms. The second kappa shape index (κ2) is 7.08. The van der Waals surface area contributed by atoms with E-state index >= 15 is 0 Å². The van der Waals surface area contributed by atoms with Gasteiger partial charge in [-0.1, -0.05) is 13.0 Å². The average Bonchev–Trinajstić information content (AvgIpc) is 2.36. The topological polar surface area (TPSA) is 63.4 Å². The maximum atomic E-state index is 12.6. The van der Waals surface area contributed by atoms with Crippen molar-refractivity contribution >= 4 is 26.0 Å². The molecular weight excluding hydrogens is 373 g/mol. The van der Waals surface area contributed by atoms with Crippen LogP contribution in [0.5, 0.6) is 0 Å². The van der Waals surface area contributed by atoms with Gasteiger partial charge >= 0.3 is 6.18 Å². The molecule has 0 aliphatic heterocycles. The molecule has 0 atom stereocenters. The number of alkyl halides is 3. The zero-order valence-electron chi connectivity index (χ0n) is 11.3. The van der Waals surface area contributed by atoms with Crippen LogP contribution in [0.15, 0.2) is 27.6 Å². The molecule has 1 aromatic carbocycles. The fraction of sp³-hybridized carbons (Fsp3) is 0.500. The molecule has 0 aliphatic rings. The highest BCUT2D eigenvalue weighted by Crippen LogP contribution is 2.28. The monoisotopic (exact) mass is 388 g/mol. The number of hydrogen-bond acceptors (Lipinski definition) is 3. The predicted molar refractivity (Wildman–Crippen MR) is 77.1 cm³/mol. The molecule has 2 N–H and O–H groups in total. The van der Waals surface area contributed by atoms with Crippen LogP contribution >= 0.6 is 15.9 Å². The number of nitrogens with two attached hydrogens (primary N) is 1. The zero-order valence-corrected chi connectivity index (χ0v) is 13.7.